The van der Waals surface area contributed by atoms with Crippen molar-refractivity contribution in [3.8, 4) is 0 Å². The first-order valence-electron chi connectivity index (χ1n) is 10.4. The van der Waals surface area contributed by atoms with Crippen molar-refractivity contribution in [2.24, 2.45) is 0 Å². The second kappa shape index (κ2) is 8.52. The van der Waals surface area contributed by atoms with Gasteiger partial charge < -0.3 is 19.4 Å². The van der Waals surface area contributed by atoms with Gasteiger partial charge in [0, 0.05) is 63.2 Å². The van der Waals surface area contributed by atoms with Crippen molar-refractivity contribution in [2.75, 3.05) is 50.8 Å². The standard InChI is InChI=1S/C20H31N5O2/c1-16-13-19(22-15-21-16)25(17-3-4-17)18-5-8-23(9-6-18)10-11-24-7-2-12-27-14-20(24)26/h13,15,17-18H,2-12,14H2,1H3. The fraction of sp³-hybridized carbons (Fsp3) is 0.750. The number of amides is 1. The van der Waals surface area contributed by atoms with Crippen LogP contribution in [0.4, 0.5) is 5.82 Å². The van der Waals surface area contributed by atoms with Crippen molar-refractivity contribution in [2.45, 2.75) is 51.1 Å². The summed E-state index contributed by atoms with van der Waals surface area (Å²) in [6, 6.07) is 3.35. The normalized spacial score (nSPS) is 22.7. The molecule has 0 atom stereocenters. The summed E-state index contributed by atoms with van der Waals surface area (Å²) in [5.41, 5.74) is 1.04. The van der Waals surface area contributed by atoms with Crippen molar-refractivity contribution in [3.63, 3.8) is 0 Å². The van der Waals surface area contributed by atoms with Crippen LogP contribution in [-0.2, 0) is 9.53 Å². The zero-order valence-corrected chi connectivity index (χ0v) is 16.3. The third-order valence-electron chi connectivity index (χ3n) is 5.93. The number of likely N-dealkylation sites (tertiary alicyclic amines) is 1. The Morgan fingerprint density at radius 1 is 1.11 bits per heavy atom. The minimum absolute atomic E-state index is 0.140. The molecule has 1 aliphatic carbocycles. The number of hydrogen-bond donors (Lipinski definition) is 0. The zero-order valence-electron chi connectivity index (χ0n) is 16.3. The summed E-state index contributed by atoms with van der Waals surface area (Å²) in [6.45, 7) is 7.79. The van der Waals surface area contributed by atoms with Crippen molar-refractivity contribution in [1.82, 2.24) is 19.8 Å². The van der Waals surface area contributed by atoms with Gasteiger partial charge in [-0.15, -0.1) is 0 Å². The van der Waals surface area contributed by atoms with Gasteiger partial charge in [0.05, 0.1) is 0 Å². The number of nitrogens with zero attached hydrogens (tertiary/aromatic N) is 5. The lowest BCUT2D eigenvalue weighted by Crippen LogP contribution is -2.48. The fourth-order valence-corrected chi connectivity index (χ4v) is 4.26. The second-order valence-corrected chi connectivity index (χ2v) is 8.02. The summed E-state index contributed by atoms with van der Waals surface area (Å²) >= 11 is 0. The van der Waals surface area contributed by atoms with Gasteiger partial charge in [0.2, 0.25) is 5.91 Å². The lowest BCUT2D eigenvalue weighted by Gasteiger charge is -2.40. The molecule has 7 heteroatoms. The summed E-state index contributed by atoms with van der Waals surface area (Å²) in [7, 11) is 0. The maximum Gasteiger partial charge on any atom is 0.248 e. The molecule has 27 heavy (non-hydrogen) atoms. The first-order chi connectivity index (χ1) is 13.2. The summed E-state index contributed by atoms with van der Waals surface area (Å²) in [5.74, 6) is 1.24. The molecule has 1 aromatic rings. The number of hydrogen-bond acceptors (Lipinski definition) is 6. The Kier molecular flexibility index (Phi) is 5.88. The van der Waals surface area contributed by atoms with E-state index in [1.54, 1.807) is 6.33 Å². The van der Waals surface area contributed by atoms with E-state index in [2.05, 4.69) is 25.8 Å². The van der Waals surface area contributed by atoms with Crippen molar-refractivity contribution in [3.05, 3.63) is 18.1 Å². The summed E-state index contributed by atoms with van der Waals surface area (Å²) in [5, 5.41) is 0. The van der Waals surface area contributed by atoms with E-state index in [1.165, 1.54) is 12.8 Å². The molecule has 3 fully saturated rings. The topological polar surface area (TPSA) is 61.8 Å². The highest BCUT2D eigenvalue weighted by Gasteiger charge is 2.36. The van der Waals surface area contributed by atoms with E-state index in [4.69, 9.17) is 4.74 Å². The molecule has 0 aromatic carbocycles. The van der Waals surface area contributed by atoms with Gasteiger partial charge in [0.1, 0.15) is 18.8 Å². The molecule has 0 N–H and O–H groups in total. The molecular weight excluding hydrogens is 342 g/mol. The van der Waals surface area contributed by atoms with Gasteiger partial charge in [0.25, 0.3) is 0 Å². The summed E-state index contributed by atoms with van der Waals surface area (Å²) in [6.07, 6.45) is 7.53. The van der Waals surface area contributed by atoms with Gasteiger partial charge in [-0.2, -0.15) is 0 Å². The van der Waals surface area contributed by atoms with E-state index in [0.717, 1.165) is 63.5 Å². The van der Waals surface area contributed by atoms with Crippen LogP contribution in [0.25, 0.3) is 0 Å². The Labute approximate surface area is 161 Å². The highest BCUT2D eigenvalue weighted by Crippen LogP contribution is 2.35. The summed E-state index contributed by atoms with van der Waals surface area (Å²) < 4.78 is 5.33. The largest absolute Gasteiger partial charge is 0.372 e. The predicted molar refractivity (Wildman–Crippen MR) is 104 cm³/mol. The lowest BCUT2D eigenvalue weighted by molar-refractivity contribution is -0.134. The van der Waals surface area contributed by atoms with Gasteiger partial charge >= 0.3 is 0 Å². The monoisotopic (exact) mass is 373 g/mol. The first-order valence-corrected chi connectivity index (χ1v) is 10.4. The highest BCUT2D eigenvalue weighted by atomic mass is 16.5. The maximum atomic E-state index is 12.1. The van der Waals surface area contributed by atoms with Gasteiger partial charge in [-0.1, -0.05) is 0 Å². The van der Waals surface area contributed by atoms with Crippen molar-refractivity contribution >= 4 is 11.7 Å². The Bertz CT molecular complexity index is 643. The summed E-state index contributed by atoms with van der Waals surface area (Å²) in [4.78, 5) is 27.9. The number of anilines is 1. The molecule has 4 rings (SSSR count). The third kappa shape index (κ3) is 4.76. The Morgan fingerprint density at radius 2 is 1.89 bits per heavy atom. The molecule has 148 valence electrons. The van der Waals surface area contributed by atoms with Crippen LogP contribution in [0.15, 0.2) is 12.4 Å². The van der Waals surface area contributed by atoms with Crippen molar-refractivity contribution < 1.29 is 9.53 Å². The number of rotatable bonds is 6. The van der Waals surface area contributed by atoms with Crippen LogP contribution >= 0.6 is 0 Å². The van der Waals surface area contributed by atoms with Crippen LogP contribution in [-0.4, -0.2) is 83.7 Å². The molecule has 2 aliphatic heterocycles. The Morgan fingerprint density at radius 3 is 2.63 bits per heavy atom. The average Bonchev–Trinajstić information content (AvgIpc) is 3.51. The molecule has 1 saturated carbocycles. The van der Waals surface area contributed by atoms with Gasteiger partial charge in [0.15, 0.2) is 0 Å². The Hall–Kier alpha value is -1.73. The van der Waals surface area contributed by atoms with E-state index in [1.807, 2.05) is 11.8 Å². The van der Waals surface area contributed by atoms with Crippen LogP contribution in [0, 0.1) is 6.92 Å². The SMILES string of the molecule is Cc1cc(N(C2CC2)C2CCN(CCN3CCCOCC3=O)CC2)ncn1. The number of aromatic nitrogens is 2. The quantitative estimate of drug-likeness (QED) is 0.753. The maximum absolute atomic E-state index is 12.1. The van der Waals surface area contributed by atoms with Crippen molar-refractivity contribution in [1.29, 1.82) is 0 Å². The number of carbonyl (C=O) groups is 1. The molecule has 1 amide bonds. The van der Waals surface area contributed by atoms with E-state index in [-0.39, 0.29) is 12.5 Å². The van der Waals surface area contributed by atoms with Gasteiger partial charge in [-0.05, 0) is 39.0 Å². The van der Waals surface area contributed by atoms with Crippen LogP contribution in [0.2, 0.25) is 0 Å². The first kappa shape index (κ1) is 18.6. The molecule has 3 heterocycles. The van der Waals surface area contributed by atoms with Crippen LogP contribution in [0.3, 0.4) is 0 Å². The predicted octanol–water partition coefficient (Wildman–Crippen LogP) is 1.47. The van der Waals surface area contributed by atoms with Crippen LogP contribution < -0.4 is 4.90 Å². The number of piperidine rings is 1. The minimum Gasteiger partial charge on any atom is -0.372 e. The molecule has 0 radical (unpaired) electrons. The smallest absolute Gasteiger partial charge is 0.248 e. The zero-order chi connectivity index (χ0) is 18.6. The number of aryl methyl sites for hydroxylation is 1. The Balaban J connectivity index is 1.29. The number of carbonyl (C=O) groups excluding carboxylic acids is 1. The molecule has 2 saturated heterocycles. The van der Waals surface area contributed by atoms with E-state index >= 15 is 0 Å². The van der Waals surface area contributed by atoms with Crippen LogP contribution in [0.5, 0.6) is 0 Å². The molecule has 0 spiro atoms. The lowest BCUT2D eigenvalue weighted by atomic mass is 10.0. The third-order valence-corrected chi connectivity index (χ3v) is 5.93. The average molecular weight is 374 g/mol. The van der Waals surface area contributed by atoms with E-state index in [0.29, 0.717) is 18.7 Å². The minimum atomic E-state index is 0.140. The number of ether oxygens (including phenoxy) is 1. The van der Waals surface area contributed by atoms with Gasteiger partial charge in [-0.3, -0.25) is 4.79 Å². The molecular formula is C20H31N5O2. The second-order valence-electron chi connectivity index (χ2n) is 8.02. The van der Waals surface area contributed by atoms with Crippen LogP contribution in [0.1, 0.15) is 37.8 Å². The highest BCUT2D eigenvalue weighted by molar-refractivity contribution is 5.77. The fourth-order valence-electron chi connectivity index (χ4n) is 4.26. The molecule has 0 bridgehead atoms. The molecule has 7 nitrogen and oxygen atoms in total. The van der Waals surface area contributed by atoms with E-state index in [9.17, 15) is 4.79 Å². The van der Waals surface area contributed by atoms with E-state index < -0.39 is 0 Å². The van der Waals surface area contributed by atoms with Gasteiger partial charge in [-0.25, -0.2) is 9.97 Å². The molecule has 0 unspecified atom stereocenters. The molecule has 1 aromatic heterocycles. The molecule has 3 aliphatic rings.